The average Bonchev–Trinajstić information content (AvgIpc) is 2.80. The van der Waals surface area contributed by atoms with Crippen molar-refractivity contribution in [3.05, 3.63) is 46.0 Å². The molecule has 0 atom stereocenters. The maximum atomic E-state index is 11.4. The minimum absolute atomic E-state index is 0.00327. The second-order valence-electron chi connectivity index (χ2n) is 3.81. The molecule has 19 heavy (non-hydrogen) atoms. The van der Waals surface area contributed by atoms with Crippen LogP contribution in [0.2, 0.25) is 0 Å². The van der Waals surface area contributed by atoms with Crippen molar-refractivity contribution in [1.82, 2.24) is 4.98 Å². The van der Waals surface area contributed by atoms with E-state index in [4.69, 9.17) is 5.73 Å². The van der Waals surface area contributed by atoms with Gasteiger partial charge in [0.2, 0.25) is 0 Å². The second kappa shape index (κ2) is 4.81. The lowest BCUT2D eigenvalue weighted by Crippen LogP contribution is -2.02. The summed E-state index contributed by atoms with van der Waals surface area (Å²) in [5.74, 6) is -0.345. The first kappa shape index (κ1) is 12.6. The van der Waals surface area contributed by atoms with Crippen LogP contribution in [0.5, 0.6) is 0 Å². The minimum Gasteiger partial charge on any atom is -0.465 e. The number of nitrogens with two attached hydrogens (primary N) is 1. The molecule has 2 aromatic rings. The highest BCUT2D eigenvalue weighted by molar-refractivity contribution is 5.96. The van der Waals surface area contributed by atoms with Gasteiger partial charge in [-0.15, -0.1) is 0 Å². The summed E-state index contributed by atoms with van der Waals surface area (Å²) >= 11 is 0. The van der Waals surface area contributed by atoms with Gasteiger partial charge in [-0.1, -0.05) is 0 Å². The Morgan fingerprint density at radius 2 is 2.00 bits per heavy atom. The van der Waals surface area contributed by atoms with E-state index >= 15 is 0 Å². The lowest BCUT2D eigenvalue weighted by molar-refractivity contribution is -0.384. The third-order valence-corrected chi connectivity index (χ3v) is 2.64. The summed E-state index contributed by atoms with van der Waals surface area (Å²) in [7, 11) is 1.26. The topological polar surface area (TPSA) is 111 Å². The molecule has 7 nitrogen and oxygen atoms in total. The average molecular weight is 261 g/mol. The Kier molecular flexibility index (Phi) is 3.19. The van der Waals surface area contributed by atoms with Gasteiger partial charge in [0.25, 0.3) is 5.69 Å². The third-order valence-electron chi connectivity index (χ3n) is 2.64. The fourth-order valence-electron chi connectivity index (χ4n) is 1.67. The summed E-state index contributed by atoms with van der Waals surface area (Å²) < 4.78 is 4.59. The molecule has 0 aliphatic carbocycles. The molecule has 2 rings (SSSR count). The van der Waals surface area contributed by atoms with Crippen LogP contribution >= 0.6 is 0 Å². The highest BCUT2D eigenvalue weighted by Crippen LogP contribution is 2.25. The Hall–Kier alpha value is -2.83. The van der Waals surface area contributed by atoms with Crippen LogP contribution in [0.1, 0.15) is 10.4 Å². The molecule has 0 saturated heterocycles. The number of hydrogen-bond donors (Lipinski definition) is 2. The van der Waals surface area contributed by atoms with Crippen LogP contribution in [-0.2, 0) is 4.74 Å². The van der Waals surface area contributed by atoms with Crippen LogP contribution in [-0.4, -0.2) is 23.0 Å². The van der Waals surface area contributed by atoms with Crippen molar-refractivity contribution < 1.29 is 14.5 Å². The molecule has 0 radical (unpaired) electrons. The number of nitrogens with one attached hydrogen (secondary N) is 1. The number of aromatic amines is 1. The number of nitro groups is 1. The highest BCUT2D eigenvalue weighted by atomic mass is 16.6. The quantitative estimate of drug-likeness (QED) is 0.498. The third kappa shape index (κ3) is 2.39. The van der Waals surface area contributed by atoms with Crippen molar-refractivity contribution in [2.24, 2.45) is 0 Å². The first-order valence-electron chi connectivity index (χ1n) is 5.34. The van der Waals surface area contributed by atoms with Crippen LogP contribution in [0, 0.1) is 10.1 Å². The van der Waals surface area contributed by atoms with Gasteiger partial charge in [0, 0.05) is 17.8 Å². The number of rotatable bonds is 3. The molecule has 0 saturated carbocycles. The summed E-state index contributed by atoms with van der Waals surface area (Å²) in [6.45, 7) is 0. The maximum Gasteiger partial charge on any atom is 0.341 e. The Labute approximate surface area is 108 Å². The fraction of sp³-hybridized carbons (Fsp3) is 0.0833. The van der Waals surface area contributed by atoms with E-state index in [2.05, 4.69) is 9.72 Å². The largest absolute Gasteiger partial charge is 0.465 e. The fourth-order valence-corrected chi connectivity index (χ4v) is 1.67. The molecule has 0 amide bonds. The number of nitro benzene ring substituents is 1. The molecule has 1 aromatic heterocycles. The second-order valence-corrected chi connectivity index (χ2v) is 3.81. The number of H-pyrrole nitrogens is 1. The van der Waals surface area contributed by atoms with E-state index in [0.717, 1.165) is 0 Å². The van der Waals surface area contributed by atoms with E-state index in [1.54, 1.807) is 18.2 Å². The predicted octanol–water partition coefficient (Wildman–Crippen LogP) is 1.96. The molecule has 3 N–H and O–H groups in total. The van der Waals surface area contributed by atoms with E-state index in [0.29, 0.717) is 11.3 Å². The summed E-state index contributed by atoms with van der Waals surface area (Å²) in [6.07, 6.45) is 0. The van der Waals surface area contributed by atoms with Crippen LogP contribution in [0.25, 0.3) is 11.3 Å². The molecule has 1 aromatic carbocycles. The summed E-state index contributed by atoms with van der Waals surface area (Å²) in [4.78, 5) is 24.3. The Balaban J connectivity index is 2.37. The Morgan fingerprint density at radius 3 is 2.53 bits per heavy atom. The van der Waals surface area contributed by atoms with Gasteiger partial charge in [-0.3, -0.25) is 10.1 Å². The molecule has 1 heterocycles. The van der Waals surface area contributed by atoms with Crippen molar-refractivity contribution in [2.75, 3.05) is 12.8 Å². The normalized spacial score (nSPS) is 10.2. The van der Waals surface area contributed by atoms with Gasteiger partial charge in [-0.25, -0.2) is 4.79 Å². The van der Waals surface area contributed by atoms with Crippen LogP contribution in [0.15, 0.2) is 30.3 Å². The number of anilines is 1. The predicted molar refractivity (Wildman–Crippen MR) is 68.6 cm³/mol. The van der Waals surface area contributed by atoms with Gasteiger partial charge in [-0.05, 0) is 23.8 Å². The lowest BCUT2D eigenvalue weighted by atomic mass is 10.1. The molecule has 0 bridgehead atoms. The molecule has 98 valence electrons. The number of methoxy groups -OCH3 is 1. The zero-order valence-electron chi connectivity index (χ0n) is 10.0. The zero-order valence-corrected chi connectivity index (χ0v) is 10.0. The number of nitrogens with zero attached hydrogens (tertiary/aromatic N) is 1. The number of aromatic nitrogens is 1. The van der Waals surface area contributed by atoms with Crippen molar-refractivity contribution >= 4 is 17.5 Å². The molecule has 0 aliphatic rings. The van der Waals surface area contributed by atoms with Gasteiger partial charge < -0.3 is 15.5 Å². The monoisotopic (exact) mass is 261 g/mol. The SMILES string of the molecule is COC(=O)c1cc(-c2ccc([N+](=O)[O-])cc2)[nH]c1N. The molecular formula is C12H11N3O4. The van der Waals surface area contributed by atoms with Gasteiger partial charge in [0.05, 0.1) is 12.0 Å². The van der Waals surface area contributed by atoms with Gasteiger partial charge in [-0.2, -0.15) is 0 Å². The lowest BCUT2D eigenvalue weighted by Gasteiger charge is -1.97. The number of non-ortho nitro benzene ring substituents is 1. The van der Waals surface area contributed by atoms with Crippen molar-refractivity contribution in [3.8, 4) is 11.3 Å². The highest BCUT2D eigenvalue weighted by Gasteiger charge is 2.15. The van der Waals surface area contributed by atoms with Gasteiger partial charge in [0.15, 0.2) is 0 Å². The molecule has 7 heteroatoms. The van der Waals surface area contributed by atoms with E-state index in [9.17, 15) is 14.9 Å². The summed E-state index contributed by atoms with van der Waals surface area (Å²) in [5.41, 5.74) is 7.18. The number of ether oxygens (including phenoxy) is 1. The first-order chi connectivity index (χ1) is 9.02. The van der Waals surface area contributed by atoms with E-state index in [-0.39, 0.29) is 17.1 Å². The number of carbonyl (C=O) groups excluding carboxylic acids is 1. The van der Waals surface area contributed by atoms with Gasteiger partial charge in [0.1, 0.15) is 11.4 Å². The molecule has 0 spiro atoms. The van der Waals surface area contributed by atoms with Gasteiger partial charge >= 0.3 is 5.97 Å². The number of hydrogen-bond acceptors (Lipinski definition) is 5. The number of benzene rings is 1. The van der Waals surface area contributed by atoms with Crippen LogP contribution in [0.4, 0.5) is 11.5 Å². The Bertz CT molecular complexity index is 631. The van der Waals surface area contributed by atoms with Crippen molar-refractivity contribution in [3.63, 3.8) is 0 Å². The molecule has 0 unspecified atom stereocenters. The van der Waals surface area contributed by atoms with E-state index in [1.165, 1.54) is 19.2 Å². The smallest absolute Gasteiger partial charge is 0.341 e. The number of nitrogen functional groups attached to an aromatic ring is 1. The first-order valence-corrected chi connectivity index (χ1v) is 5.34. The Morgan fingerprint density at radius 1 is 1.37 bits per heavy atom. The number of esters is 1. The molecule has 0 fully saturated rings. The van der Waals surface area contributed by atoms with E-state index in [1.807, 2.05) is 0 Å². The number of carbonyl (C=O) groups is 1. The van der Waals surface area contributed by atoms with Crippen molar-refractivity contribution in [2.45, 2.75) is 0 Å². The zero-order chi connectivity index (χ0) is 14.0. The minimum atomic E-state index is -0.540. The van der Waals surface area contributed by atoms with Crippen LogP contribution < -0.4 is 5.73 Å². The van der Waals surface area contributed by atoms with Crippen LogP contribution in [0.3, 0.4) is 0 Å². The molecular weight excluding hydrogens is 250 g/mol. The standard InChI is InChI=1S/C12H11N3O4/c1-19-12(16)9-6-10(14-11(9)13)7-2-4-8(5-3-7)15(17)18/h2-6,14H,13H2,1H3. The molecule has 0 aliphatic heterocycles. The summed E-state index contributed by atoms with van der Waals surface area (Å²) in [6, 6.07) is 7.45. The maximum absolute atomic E-state index is 11.4. The summed E-state index contributed by atoms with van der Waals surface area (Å²) in [5, 5.41) is 10.6. The van der Waals surface area contributed by atoms with E-state index < -0.39 is 10.9 Å². The van der Waals surface area contributed by atoms with Crippen molar-refractivity contribution in [1.29, 1.82) is 0 Å².